The molecule has 2 aliphatic heterocycles. The van der Waals surface area contributed by atoms with E-state index in [9.17, 15) is 13.2 Å². The van der Waals surface area contributed by atoms with Gasteiger partial charge in [0.25, 0.3) is 0 Å². The Morgan fingerprint density at radius 1 is 1.33 bits per heavy atom. The number of sulfonamides is 1. The Morgan fingerprint density at radius 2 is 2.05 bits per heavy atom. The molecule has 122 valence electrons. The molecule has 0 aromatic heterocycles. The Hall–Kier alpha value is -0.660. The molecule has 21 heavy (non-hydrogen) atoms. The van der Waals surface area contributed by atoms with Crippen LogP contribution in [-0.2, 0) is 14.8 Å². The zero-order valence-corrected chi connectivity index (χ0v) is 13.6. The first-order valence-electron chi connectivity index (χ1n) is 7.98. The van der Waals surface area contributed by atoms with E-state index in [0.717, 1.165) is 32.2 Å². The predicted octanol–water partition coefficient (Wildman–Crippen LogP) is 0.449. The summed E-state index contributed by atoms with van der Waals surface area (Å²) in [6, 6.07) is 0.656. The fourth-order valence-electron chi connectivity index (χ4n) is 3.07. The van der Waals surface area contributed by atoms with Gasteiger partial charge in [0.2, 0.25) is 15.9 Å². The number of nitrogens with zero attached hydrogens (tertiary/aromatic N) is 1. The van der Waals surface area contributed by atoms with Crippen LogP contribution in [0.5, 0.6) is 0 Å². The fraction of sp³-hybridized carbons (Fsp3) is 0.929. The number of piperidine rings is 1. The maximum Gasteiger partial charge on any atom is 0.220 e. The normalized spacial score (nSPS) is 27.7. The zero-order chi connectivity index (χ0) is 15.3. The maximum absolute atomic E-state index is 12.0. The van der Waals surface area contributed by atoms with Gasteiger partial charge in [0.05, 0.1) is 5.75 Å². The molecule has 6 nitrogen and oxygen atoms in total. The molecule has 2 heterocycles. The van der Waals surface area contributed by atoms with Crippen LogP contribution in [0, 0.1) is 0 Å². The third kappa shape index (κ3) is 5.23. The summed E-state index contributed by atoms with van der Waals surface area (Å²) in [5.41, 5.74) is 0. The van der Waals surface area contributed by atoms with Crippen molar-refractivity contribution in [3.8, 4) is 0 Å². The van der Waals surface area contributed by atoms with Crippen LogP contribution in [0.2, 0.25) is 0 Å². The molecule has 0 radical (unpaired) electrons. The maximum atomic E-state index is 12.0. The Bertz CT molecular complexity index is 446. The van der Waals surface area contributed by atoms with Crippen molar-refractivity contribution >= 4 is 15.9 Å². The molecule has 0 spiro atoms. The average molecular weight is 317 g/mol. The number of carbonyl (C=O) groups is 1. The molecule has 0 saturated carbocycles. The van der Waals surface area contributed by atoms with E-state index in [1.54, 1.807) is 4.31 Å². The summed E-state index contributed by atoms with van der Waals surface area (Å²) < 4.78 is 25.6. The second-order valence-electron chi connectivity index (χ2n) is 6.17. The minimum atomic E-state index is -3.15. The molecule has 0 bridgehead atoms. The molecule has 2 rings (SSSR count). The minimum Gasteiger partial charge on any atom is -0.353 e. The summed E-state index contributed by atoms with van der Waals surface area (Å²) in [6.45, 7) is 4.32. The second-order valence-corrected chi connectivity index (χ2v) is 8.26. The van der Waals surface area contributed by atoms with Gasteiger partial charge < -0.3 is 10.6 Å². The van der Waals surface area contributed by atoms with Gasteiger partial charge in [-0.15, -0.1) is 0 Å². The van der Waals surface area contributed by atoms with Crippen LogP contribution in [-0.4, -0.2) is 56.1 Å². The molecule has 2 N–H and O–H groups in total. The van der Waals surface area contributed by atoms with Crippen molar-refractivity contribution in [3.63, 3.8) is 0 Å². The van der Waals surface area contributed by atoms with E-state index in [4.69, 9.17) is 0 Å². The van der Waals surface area contributed by atoms with E-state index in [2.05, 4.69) is 17.6 Å². The van der Waals surface area contributed by atoms with Gasteiger partial charge in [-0.3, -0.25) is 4.79 Å². The van der Waals surface area contributed by atoms with Crippen LogP contribution >= 0.6 is 0 Å². The van der Waals surface area contributed by atoms with E-state index in [-0.39, 0.29) is 17.7 Å². The number of nitrogens with one attached hydrogen (secondary N) is 2. The molecular formula is C14H27N3O3S. The predicted molar refractivity (Wildman–Crippen MR) is 82.5 cm³/mol. The van der Waals surface area contributed by atoms with Crippen LogP contribution in [0.4, 0.5) is 0 Å². The standard InChI is InChI=1S/C14H27N3O3S/c1-12-11-13(6-7-15-12)16-14(18)5-4-10-21(19,20)17-8-2-3-9-17/h12-13,15H,2-11H2,1H3,(H,16,18). The number of hydrogen-bond acceptors (Lipinski definition) is 4. The van der Waals surface area contributed by atoms with Crippen molar-refractivity contribution in [1.82, 2.24) is 14.9 Å². The molecule has 2 atom stereocenters. The Labute approximate surface area is 127 Å². The number of hydrogen-bond donors (Lipinski definition) is 2. The van der Waals surface area contributed by atoms with E-state index in [1.807, 2.05) is 0 Å². The molecule has 0 aromatic carbocycles. The van der Waals surface area contributed by atoms with Crippen LogP contribution in [0.15, 0.2) is 0 Å². The summed E-state index contributed by atoms with van der Waals surface area (Å²) in [7, 11) is -3.15. The average Bonchev–Trinajstić information content (AvgIpc) is 2.93. The molecule has 2 unspecified atom stereocenters. The summed E-state index contributed by atoms with van der Waals surface area (Å²) in [6.07, 6.45) is 4.50. The topological polar surface area (TPSA) is 78.5 Å². The van der Waals surface area contributed by atoms with Gasteiger partial charge in [-0.1, -0.05) is 0 Å². The highest BCUT2D eigenvalue weighted by Crippen LogP contribution is 2.14. The highest BCUT2D eigenvalue weighted by molar-refractivity contribution is 7.89. The SMILES string of the molecule is CC1CC(NC(=O)CCCS(=O)(=O)N2CCCC2)CCN1. The fourth-order valence-corrected chi connectivity index (χ4v) is 4.66. The van der Waals surface area contributed by atoms with Crippen LogP contribution in [0.3, 0.4) is 0 Å². The number of amides is 1. The Kier molecular flexibility index (Phi) is 6.01. The number of carbonyl (C=O) groups excluding carboxylic acids is 1. The number of rotatable bonds is 6. The second kappa shape index (κ2) is 7.56. The van der Waals surface area contributed by atoms with Crippen LogP contribution < -0.4 is 10.6 Å². The van der Waals surface area contributed by atoms with Crippen LogP contribution in [0.1, 0.15) is 45.4 Å². The summed E-state index contributed by atoms with van der Waals surface area (Å²) in [4.78, 5) is 11.9. The first kappa shape index (κ1) is 16.7. The summed E-state index contributed by atoms with van der Waals surface area (Å²) >= 11 is 0. The largest absolute Gasteiger partial charge is 0.353 e. The van der Waals surface area contributed by atoms with E-state index in [1.165, 1.54) is 0 Å². The molecule has 0 aliphatic carbocycles. The van der Waals surface area contributed by atoms with E-state index < -0.39 is 10.0 Å². The first-order chi connectivity index (χ1) is 9.97. The van der Waals surface area contributed by atoms with Gasteiger partial charge >= 0.3 is 0 Å². The summed E-state index contributed by atoms with van der Waals surface area (Å²) in [5.74, 6) is 0.0639. The van der Waals surface area contributed by atoms with Gasteiger partial charge in [0, 0.05) is 31.6 Å². The van der Waals surface area contributed by atoms with Crippen molar-refractivity contribution < 1.29 is 13.2 Å². The van der Waals surface area contributed by atoms with Gasteiger partial charge in [-0.05, 0) is 45.6 Å². The summed E-state index contributed by atoms with van der Waals surface area (Å²) in [5, 5.41) is 6.36. The van der Waals surface area contributed by atoms with Crippen LogP contribution in [0.25, 0.3) is 0 Å². The highest BCUT2D eigenvalue weighted by Gasteiger charge is 2.25. The smallest absolute Gasteiger partial charge is 0.220 e. The lowest BCUT2D eigenvalue weighted by atomic mass is 10.0. The minimum absolute atomic E-state index is 0.0225. The zero-order valence-electron chi connectivity index (χ0n) is 12.8. The molecule has 7 heteroatoms. The van der Waals surface area contributed by atoms with Crippen molar-refractivity contribution in [1.29, 1.82) is 0 Å². The molecular weight excluding hydrogens is 290 g/mol. The lowest BCUT2D eigenvalue weighted by Gasteiger charge is -2.28. The molecule has 2 fully saturated rings. The lowest BCUT2D eigenvalue weighted by Crippen LogP contribution is -2.46. The molecule has 2 saturated heterocycles. The third-order valence-electron chi connectivity index (χ3n) is 4.25. The van der Waals surface area contributed by atoms with Crippen molar-refractivity contribution in [2.45, 2.75) is 57.5 Å². The molecule has 2 aliphatic rings. The van der Waals surface area contributed by atoms with E-state index in [0.29, 0.717) is 32.0 Å². The van der Waals surface area contributed by atoms with Crippen molar-refractivity contribution in [2.75, 3.05) is 25.4 Å². The van der Waals surface area contributed by atoms with Crippen molar-refractivity contribution in [3.05, 3.63) is 0 Å². The molecule has 1 amide bonds. The quantitative estimate of drug-likeness (QED) is 0.745. The third-order valence-corrected chi connectivity index (χ3v) is 6.21. The molecule has 0 aromatic rings. The first-order valence-corrected chi connectivity index (χ1v) is 9.59. The van der Waals surface area contributed by atoms with Gasteiger partial charge in [-0.25, -0.2) is 12.7 Å². The van der Waals surface area contributed by atoms with Gasteiger partial charge in [0.1, 0.15) is 0 Å². The Balaban J connectivity index is 1.67. The van der Waals surface area contributed by atoms with Gasteiger partial charge in [0.15, 0.2) is 0 Å². The Morgan fingerprint density at radius 3 is 2.71 bits per heavy atom. The monoisotopic (exact) mass is 317 g/mol. The highest BCUT2D eigenvalue weighted by atomic mass is 32.2. The van der Waals surface area contributed by atoms with Gasteiger partial charge in [-0.2, -0.15) is 0 Å². The van der Waals surface area contributed by atoms with E-state index >= 15 is 0 Å². The lowest BCUT2D eigenvalue weighted by molar-refractivity contribution is -0.122. The van der Waals surface area contributed by atoms with Crippen molar-refractivity contribution in [2.24, 2.45) is 0 Å².